The summed E-state index contributed by atoms with van der Waals surface area (Å²) in [5, 5.41) is 2.68. The summed E-state index contributed by atoms with van der Waals surface area (Å²) < 4.78 is 27.9. The van der Waals surface area contributed by atoms with Gasteiger partial charge in [-0.3, -0.25) is 9.10 Å². The lowest BCUT2D eigenvalue weighted by Crippen LogP contribution is -2.31. The number of pyridine rings is 1. The molecule has 1 amide bonds. The number of sulfonamides is 1. The summed E-state index contributed by atoms with van der Waals surface area (Å²) in [4.78, 5) is 16.6. The molecule has 0 aliphatic heterocycles. The van der Waals surface area contributed by atoms with E-state index in [1.807, 2.05) is 6.92 Å². The summed E-state index contributed by atoms with van der Waals surface area (Å²) in [5.74, 6) is -0.117. The molecular formula is C22H20ClN3O3S. The lowest BCUT2D eigenvalue weighted by Gasteiger charge is -2.24. The zero-order chi connectivity index (χ0) is 21.7. The molecule has 0 radical (unpaired) electrons. The van der Waals surface area contributed by atoms with Crippen molar-refractivity contribution in [3.05, 3.63) is 95.7 Å². The van der Waals surface area contributed by atoms with Crippen LogP contribution in [0.15, 0.2) is 84.4 Å². The number of nitrogens with one attached hydrogen (secondary N) is 1. The number of nitrogens with zero attached hydrogens (tertiary/aromatic N) is 2. The monoisotopic (exact) mass is 441 g/mol. The van der Waals surface area contributed by atoms with Gasteiger partial charge in [0.15, 0.2) is 0 Å². The van der Waals surface area contributed by atoms with Crippen molar-refractivity contribution in [3.8, 4) is 0 Å². The average Bonchev–Trinajstić information content (AvgIpc) is 2.72. The number of para-hydroxylation sites is 1. The van der Waals surface area contributed by atoms with Gasteiger partial charge in [0.2, 0.25) is 0 Å². The smallest absolute Gasteiger partial charge is 0.266 e. The number of amides is 1. The number of hydrogen-bond donors (Lipinski definition) is 1. The van der Waals surface area contributed by atoms with E-state index in [0.29, 0.717) is 11.5 Å². The third-order valence-electron chi connectivity index (χ3n) is 4.26. The molecule has 3 rings (SSSR count). The van der Waals surface area contributed by atoms with Crippen LogP contribution in [0.5, 0.6) is 0 Å². The number of carbonyl (C=O) groups excluding carboxylic acids is 1. The van der Waals surface area contributed by atoms with Crippen LogP contribution >= 0.6 is 11.6 Å². The molecule has 3 aromatic rings. The zero-order valence-electron chi connectivity index (χ0n) is 16.2. The highest BCUT2D eigenvalue weighted by Gasteiger charge is 2.27. The fraction of sp³-hybridized carbons (Fsp3) is 0.0909. The second-order valence-electron chi connectivity index (χ2n) is 6.48. The molecule has 1 heterocycles. The Kier molecular flexibility index (Phi) is 6.54. The highest BCUT2D eigenvalue weighted by Crippen LogP contribution is 2.29. The molecule has 2 aromatic carbocycles. The van der Waals surface area contributed by atoms with Crippen LogP contribution < -0.4 is 9.62 Å². The SMILES string of the molecule is C=CCN(c1ccccc1)S(=O)(=O)c1cc(C(=O)Nc2cc(C)ccn2)ccc1Cl. The second-order valence-corrected chi connectivity index (χ2v) is 8.72. The molecule has 0 fully saturated rings. The van der Waals surface area contributed by atoms with Crippen molar-refractivity contribution in [1.29, 1.82) is 0 Å². The molecule has 8 heteroatoms. The Morgan fingerprint density at radius 2 is 1.90 bits per heavy atom. The Hall–Kier alpha value is -3.16. The molecule has 1 aromatic heterocycles. The van der Waals surface area contributed by atoms with Gasteiger partial charge in [0.05, 0.1) is 17.3 Å². The standard InChI is InChI=1S/C22H20ClN3O3S/c1-3-13-26(18-7-5-4-6-8-18)30(28,29)20-15-17(9-10-19(20)23)22(27)25-21-14-16(2)11-12-24-21/h3-12,14-15H,1,13H2,2H3,(H,24,25,27). The highest BCUT2D eigenvalue weighted by molar-refractivity contribution is 7.93. The van der Waals surface area contributed by atoms with Crippen LogP contribution in [-0.4, -0.2) is 25.9 Å². The molecule has 0 aliphatic rings. The molecule has 0 saturated heterocycles. The topological polar surface area (TPSA) is 79.4 Å². The van der Waals surface area contributed by atoms with Crippen molar-refractivity contribution >= 4 is 39.0 Å². The van der Waals surface area contributed by atoms with Gasteiger partial charge in [0.1, 0.15) is 10.7 Å². The predicted molar refractivity (Wildman–Crippen MR) is 120 cm³/mol. The van der Waals surface area contributed by atoms with Gasteiger partial charge in [0, 0.05) is 11.8 Å². The van der Waals surface area contributed by atoms with Gasteiger partial charge in [-0.05, 0) is 55.0 Å². The van der Waals surface area contributed by atoms with Crippen LogP contribution in [0.2, 0.25) is 5.02 Å². The molecule has 6 nitrogen and oxygen atoms in total. The highest BCUT2D eigenvalue weighted by atomic mass is 35.5. The van der Waals surface area contributed by atoms with Crippen LogP contribution in [0.4, 0.5) is 11.5 Å². The molecule has 0 aliphatic carbocycles. The zero-order valence-corrected chi connectivity index (χ0v) is 17.8. The number of benzene rings is 2. The fourth-order valence-electron chi connectivity index (χ4n) is 2.81. The van der Waals surface area contributed by atoms with Gasteiger partial charge in [-0.2, -0.15) is 0 Å². The minimum absolute atomic E-state index is 0.0187. The maximum absolute atomic E-state index is 13.4. The molecule has 30 heavy (non-hydrogen) atoms. The first kappa shape index (κ1) is 21.5. The number of aryl methyl sites for hydroxylation is 1. The van der Waals surface area contributed by atoms with Gasteiger partial charge < -0.3 is 5.32 Å². The summed E-state index contributed by atoms with van der Waals surface area (Å²) in [6.45, 7) is 5.57. The molecular weight excluding hydrogens is 422 g/mol. The number of hydrogen-bond acceptors (Lipinski definition) is 4. The van der Waals surface area contributed by atoms with Gasteiger partial charge in [-0.15, -0.1) is 6.58 Å². The first-order chi connectivity index (χ1) is 14.3. The van der Waals surface area contributed by atoms with E-state index in [9.17, 15) is 13.2 Å². The van der Waals surface area contributed by atoms with E-state index in [4.69, 9.17) is 11.6 Å². The fourth-order valence-corrected chi connectivity index (χ4v) is 4.75. The van der Waals surface area contributed by atoms with Crippen molar-refractivity contribution < 1.29 is 13.2 Å². The summed E-state index contributed by atoms with van der Waals surface area (Å²) in [6.07, 6.45) is 3.06. The summed E-state index contributed by atoms with van der Waals surface area (Å²) in [6, 6.07) is 16.3. The maximum atomic E-state index is 13.4. The Bertz CT molecular complexity index is 1180. The largest absolute Gasteiger partial charge is 0.307 e. The normalized spacial score (nSPS) is 11.0. The lowest BCUT2D eigenvalue weighted by atomic mass is 10.2. The second kappa shape index (κ2) is 9.11. The molecule has 0 spiro atoms. The number of aromatic nitrogens is 1. The molecule has 1 N–H and O–H groups in total. The lowest BCUT2D eigenvalue weighted by molar-refractivity contribution is 0.102. The van der Waals surface area contributed by atoms with E-state index in [0.717, 1.165) is 5.56 Å². The van der Waals surface area contributed by atoms with E-state index in [1.54, 1.807) is 48.7 Å². The van der Waals surface area contributed by atoms with Crippen molar-refractivity contribution in [1.82, 2.24) is 4.98 Å². The number of anilines is 2. The third-order valence-corrected chi connectivity index (χ3v) is 6.53. The van der Waals surface area contributed by atoms with Crippen LogP contribution in [0, 0.1) is 6.92 Å². The Balaban J connectivity index is 1.99. The van der Waals surface area contributed by atoms with E-state index < -0.39 is 15.9 Å². The van der Waals surface area contributed by atoms with Crippen molar-refractivity contribution in [2.24, 2.45) is 0 Å². The number of rotatable bonds is 7. The summed E-state index contributed by atoms with van der Waals surface area (Å²) in [7, 11) is -4.05. The van der Waals surface area contributed by atoms with Gasteiger partial charge >= 0.3 is 0 Å². The summed E-state index contributed by atoms with van der Waals surface area (Å²) in [5.41, 5.74) is 1.54. The quantitative estimate of drug-likeness (QED) is 0.540. The van der Waals surface area contributed by atoms with Crippen LogP contribution in [0.1, 0.15) is 15.9 Å². The van der Waals surface area contributed by atoms with Crippen LogP contribution in [-0.2, 0) is 10.0 Å². The predicted octanol–water partition coefficient (Wildman–Crippen LogP) is 4.68. The molecule has 0 atom stereocenters. The minimum atomic E-state index is -4.05. The number of halogens is 1. The van der Waals surface area contributed by atoms with E-state index in [1.165, 1.54) is 28.6 Å². The van der Waals surface area contributed by atoms with Crippen molar-refractivity contribution in [2.75, 3.05) is 16.2 Å². The van der Waals surface area contributed by atoms with E-state index in [2.05, 4.69) is 16.9 Å². The Morgan fingerprint density at radius 1 is 1.17 bits per heavy atom. The van der Waals surface area contributed by atoms with Crippen molar-refractivity contribution in [3.63, 3.8) is 0 Å². The third kappa shape index (κ3) is 4.69. The number of carbonyl (C=O) groups is 1. The summed E-state index contributed by atoms with van der Waals surface area (Å²) >= 11 is 6.22. The first-order valence-electron chi connectivity index (χ1n) is 9.05. The van der Waals surface area contributed by atoms with Gasteiger partial charge in [-0.1, -0.05) is 35.9 Å². The van der Waals surface area contributed by atoms with Gasteiger partial charge in [0.25, 0.3) is 15.9 Å². The van der Waals surface area contributed by atoms with E-state index in [-0.39, 0.29) is 22.0 Å². The molecule has 154 valence electrons. The average molecular weight is 442 g/mol. The molecule has 0 unspecified atom stereocenters. The first-order valence-corrected chi connectivity index (χ1v) is 10.9. The Labute approximate surface area is 180 Å². The molecule has 0 bridgehead atoms. The van der Waals surface area contributed by atoms with E-state index >= 15 is 0 Å². The van der Waals surface area contributed by atoms with Crippen molar-refractivity contribution in [2.45, 2.75) is 11.8 Å². The van der Waals surface area contributed by atoms with Crippen LogP contribution in [0.3, 0.4) is 0 Å². The minimum Gasteiger partial charge on any atom is -0.307 e. The maximum Gasteiger partial charge on any atom is 0.266 e. The van der Waals surface area contributed by atoms with Gasteiger partial charge in [-0.25, -0.2) is 13.4 Å². The Morgan fingerprint density at radius 3 is 2.57 bits per heavy atom. The van der Waals surface area contributed by atoms with Crippen LogP contribution in [0.25, 0.3) is 0 Å². The molecule has 0 saturated carbocycles.